The first-order valence-electron chi connectivity index (χ1n) is 9.34. The number of hydrogen-bond acceptors (Lipinski definition) is 5. The molecular formula is C23H17Cl2NO5. The molecule has 0 fully saturated rings. The molecule has 0 saturated carbocycles. The van der Waals surface area contributed by atoms with Crippen molar-refractivity contribution in [2.45, 2.75) is 13.0 Å². The molecule has 0 bridgehead atoms. The van der Waals surface area contributed by atoms with Crippen molar-refractivity contribution in [2.75, 3.05) is 12.4 Å². The van der Waals surface area contributed by atoms with Gasteiger partial charge in [0, 0.05) is 16.8 Å². The van der Waals surface area contributed by atoms with E-state index in [2.05, 4.69) is 5.32 Å². The Hall–Kier alpha value is -3.22. The van der Waals surface area contributed by atoms with Gasteiger partial charge in [0.25, 0.3) is 5.91 Å². The number of methoxy groups -OCH3 is 1. The van der Waals surface area contributed by atoms with Crippen molar-refractivity contribution < 1.29 is 23.5 Å². The lowest BCUT2D eigenvalue weighted by atomic mass is 10.1. The summed E-state index contributed by atoms with van der Waals surface area (Å²) in [5, 5.41) is 4.80. The summed E-state index contributed by atoms with van der Waals surface area (Å²) in [7, 11) is 1.50. The van der Waals surface area contributed by atoms with E-state index < -0.39 is 18.0 Å². The van der Waals surface area contributed by atoms with E-state index in [1.807, 2.05) is 24.3 Å². The molecule has 158 valence electrons. The minimum absolute atomic E-state index is 0.00626. The van der Waals surface area contributed by atoms with Crippen LogP contribution in [0.15, 0.2) is 59.0 Å². The third-order valence-corrected chi connectivity index (χ3v) is 5.41. The maximum Gasteiger partial charge on any atom is 0.341 e. The predicted octanol–water partition coefficient (Wildman–Crippen LogP) is 6.09. The lowest BCUT2D eigenvalue weighted by molar-refractivity contribution is -0.123. The third kappa shape index (κ3) is 4.04. The molecule has 0 spiro atoms. The fraction of sp³-hybridized carbons (Fsp3) is 0.130. The summed E-state index contributed by atoms with van der Waals surface area (Å²) in [4.78, 5) is 25.1. The number of rotatable bonds is 5. The second kappa shape index (κ2) is 8.49. The molecule has 0 unspecified atom stereocenters. The normalized spacial score (nSPS) is 12.0. The third-order valence-electron chi connectivity index (χ3n) is 4.78. The Bertz CT molecular complexity index is 1290. The molecule has 1 aromatic heterocycles. The quantitative estimate of drug-likeness (QED) is 0.367. The van der Waals surface area contributed by atoms with Crippen LogP contribution in [-0.2, 0) is 9.53 Å². The van der Waals surface area contributed by atoms with Gasteiger partial charge in [0.1, 0.15) is 16.9 Å². The Balaban J connectivity index is 1.57. The zero-order chi connectivity index (χ0) is 22.1. The Kier molecular flexibility index (Phi) is 5.76. The Labute approximate surface area is 187 Å². The molecule has 1 N–H and O–H groups in total. The Morgan fingerprint density at radius 1 is 0.968 bits per heavy atom. The number of hydrogen-bond donors (Lipinski definition) is 1. The van der Waals surface area contributed by atoms with E-state index in [4.69, 9.17) is 37.1 Å². The van der Waals surface area contributed by atoms with E-state index in [1.54, 1.807) is 18.2 Å². The summed E-state index contributed by atoms with van der Waals surface area (Å²) in [5.41, 5.74) is 1.70. The van der Waals surface area contributed by atoms with Crippen molar-refractivity contribution in [3.63, 3.8) is 0 Å². The molecule has 0 aliphatic rings. The van der Waals surface area contributed by atoms with Crippen molar-refractivity contribution in [1.82, 2.24) is 0 Å². The maximum absolute atomic E-state index is 12.7. The van der Waals surface area contributed by atoms with Crippen molar-refractivity contribution in [2.24, 2.45) is 0 Å². The van der Waals surface area contributed by atoms with Gasteiger partial charge >= 0.3 is 5.97 Å². The lowest BCUT2D eigenvalue weighted by Gasteiger charge is -2.16. The van der Waals surface area contributed by atoms with Crippen LogP contribution in [0, 0.1) is 0 Å². The largest absolute Gasteiger partial charge is 0.495 e. The molecule has 8 heteroatoms. The zero-order valence-electron chi connectivity index (χ0n) is 16.6. The molecule has 1 amide bonds. The lowest BCUT2D eigenvalue weighted by Crippen LogP contribution is -2.30. The van der Waals surface area contributed by atoms with Gasteiger partial charge in [-0.1, -0.05) is 47.5 Å². The number of carbonyl (C=O) groups is 2. The second-order valence-electron chi connectivity index (χ2n) is 6.78. The number of halogens is 2. The number of furan rings is 1. The molecule has 31 heavy (non-hydrogen) atoms. The highest BCUT2D eigenvalue weighted by molar-refractivity contribution is 6.39. The van der Waals surface area contributed by atoms with Crippen molar-refractivity contribution in [1.29, 1.82) is 0 Å². The van der Waals surface area contributed by atoms with Crippen LogP contribution >= 0.6 is 23.2 Å². The van der Waals surface area contributed by atoms with Gasteiger partial charge in [-0.2, -0.15) is 0 Å². The fourth-order valence-corrected chi connectivity index (χ4v) is 3.77. The van der Waals surface area contributed by atoms with Gasteiger partial charge in [-0.15, -0.1) is 0 Å². The number of nitrogens with one attached hydrogen (secondary N) is 1. The van der Waals surface area contributed by atoms with Gasteiger partial charge in [0.05, 0.1) is 28.4 Å². The molecule has 0 aliphatic heterocycles. The number of ether oxygens (including phenoxy) is 2. The van der Waals surface area contributed by atoms with Crippen molar-refractivity contribution >= 4 is 62.7 Å². The van der Waals surface area contributed by atoms with E-state index in [0.29, 0.717) is 17.0 Å². The van der Waals surface area contributed by atoms with Crippen LogP contribution in [0.3, 0.4) is 0 Å². The van der Waals surface area contributed by atoms with Crippen LogP contribution < -0.4 is 10.1 Å². The summed E-state index contributed by atoms with van der Waals surface area (Å²) >= 11 is 12.1. The van der Waals surface area contributed by atoms with Crippen LogP contribution in [0.5, 0.6) is 5.75 Å². The maximum atomic E-state index is 12.7. The number of benzene rings is 3. The average molecular weight is 458 g/mol. The van der Waals surface area contributed by atoms with Crippen LogP contribution in [-0.4, -0.2) is 25.1 Å². The van der Waals surface area contributed by atoms with Crippen LogP contribution in [0.1, 0.15) is 17.3 Å². The molecule has 4 aromatic rings. The number of carbonyl (C=O) groups excluding carboxylic acids is 2. The van der Waals surface area contributed by atoms with E-state index in [0.717, 1.165) is 16.4 Å². The summed E-state index contributed by atoms with van der Waals surface area (Å²) in [5.74, 6) is -0.900. The highest BCUT2D eigenvalue weighted by Gasteiger charge is 2.24. The van der Waals surface area contributed by atoms with Gasteiger partial charge in [0.2, 0.25) is 0 Å². The first-order valence-corrected chi connectivity index (χ1v) is 10.1. The zero-order valence-corrected chi connectivity index (χ0v) is 18.1. The van der Waals surface area contributed by atoms with Crippen LogP contribution in [0.25, 0.3) is 21.9 Å². The van der Waals surface area contributed by atoms with Crippen molar-refractivity contribution in [3.05, 3.63) is 70.2 Å². The van der Waals surface area contributed by atoms with Gasteiger partial charge < -0.3 is 19.2 Å². The number of esters is 1. The van der Waals surface area contributed by atoms with Gasteiger partial charge in [-0.05, 0) is 31.2 Å². The highest BCUT2D eigenvalue weighted by atomic mass is 35.5. The molecule has 0 aliphatic carbocycles. The molecule has 1 atom stereocenters. The molecule has 3 aromatic carbocycles. The minimum Gasteiger partial charge on any atom is -0.495 e. The van der Waals surface area contributed by atoms with E-state index in [9.17, 15) is 9.59 Å². The molecule has 0 saturated heterocycles. The van der Waals surface area contributed by atoms with Gasteiger partial charge in [0.15, 0.2) is 6.10 Å². The van der Waals surface area contributed by atoms with E-state index >= 15 is 0 Å². The predicted molar refractivity (Wildman–Crippen MR) is 120 cm³/mol. The van der Waals surface area contributed by atoms with E-state index in [-0.39, 0.29) is 15.6 Å². The monoisotopic (exact) mass is 457 g/mol. The molecule has 0 radical (unpaired) electrons. The smallest absolute Gasteiger partial charge is 0.341 e. The summed E-state index contributed by atoms with van der Waals surface area (Å²) in [6.07, 6.45) is -1.11. The Morgan fingerprint density at radius 3 is 2.39 bits per heavy atom. The van der Waals surface area contributed by atoms with Crippen molar-refractivity contribution in [3.8, 4) is 5.75 Å². The molecule has 1 heterocycles. The number of fused-ring (bicyclic) bond motifs is 3. The van der Waals surface area contributed by atoms with Gasteiger partial charge in [-0.25, -0.2) is 4.79 Å². The van der Waals surface area contributed by atoms with Gasteiger partial charge in [-0.3, -0.25) is 4.79 Å². The molecule has 4 rings (SSSR count). The first kappa shape index (κ1) is 21.0. The SMILES string of the molecule is COc1cc2c(cc1NC(=O)[C@@H](C)OC(=O)c1c(Cl)cccc1Cl)oc1ccccc12. The average Bonchev–Trinajstić information content (AvgIpc) is 3.10. The molecule has 6 nitrogen and oxygen atoms in total. The van der Waals surface area contributed by atoms with Crippen LogP contribution in [0.4, 0.5) is 5.69 Å². The van der Waals surface area contributed by atoms with E-state index in [1.165, 1.54) is 26.2 Å². The Morgan fingerprint density at radius 2 is 1.68 bits per heavy atom. The number of amides is 1. The van der Waals surface area contributed by atoms with Crippen LogP contribution in [0.2, 0.25) is 10.0 Å². The summed E-state index contributed by atoms with van der Waals surface area (Å²) in [6, 6.07) is 15.7. The topological polar surface area (TPSA) is 77.8 Å². The number of anilines is 1. The molecular weight excluding hydrogens is 441 g/mol. The first-order chi connectivity index (χ1) is 14.9. The number of para-hydroxylation sites is 1. The fourth-order valence-electron chi connectivity index (χ4n) is 3.22. The summed E-state index contributed by atoms with van der Waals surface area (Å²) in [6.45, 7) is 1.45. The minimum atomic E-state index is -1.11. The highest BCUT2D eigenvalue weighted by Crippen LogP contribution is 2.36. The second-order valence-corrected chi connectivity index (χ2v) is 7.59. The standard InChI is InChI=1S/C23H17Cl2NO5/c1-12(30-23(28)21-15(24)7-5-8-16(21)25)22(27)26-17-11-19-14(10-20(17)29-2)13-6-3-4-9-18(13)31-19/h3-12H,1-2H3,(H,26,27)/t12-/m1/s1. The summed E-state index contributed by atoms with van der Waals surface area (Å²) < 4.78 is 16.6.